The molecule has 3 aromatic heterocycles. The molecule has 0 saturated carbocycles. The summed E-state index contributed by atoms with van der Waals surface area (Å²) in [6.07, 6.45) is 2.93. The third kappa shape index (κ3) is 5.68. The van der Waals surface area contributed by atoms with E-state index in [2.05, 4.69) is 19.6 Å². The second kappa shape index (κ2) is 9.41. The number of fused-ring (bicyclic) bond motifs is 1. The molecule has 0 fully saturated rings. The lowest BCUT2D eigenvalue weighted by atomic mass is 10.3. The maximum absolute atomic E-state index is 12.6. The number of pyridine rings is 1. The molecule has 1 amide bonds. The molecule has 3 aromatic rings. The minimum absolute atomic E-state index is 0.0185. The molecule has 12 heteroatoms. The average molecular weight is 436 g/mol. The van der Waals surface area contributed by atoms with Gasteiger partial charge in [-0.15, -0.1) is 0 Å². The molecule has 0 atom stereocenters. The molecule has 1 aliphatic rings. The molecule has 4 heterocycles. The minimum Gasteiger partial charge on any atom is -0.475 e. The first-order valence-electron chi connectivity index (χ1n) is 9.27. The number of hydrogen-bond acceptors (Lipinski definition) is 5. The van der Waals surface area contributed by atoms with Crippen molar-refractivity contribution in [2.24, 2.45) is 0 Å². The number of aliphatic carboxylic acids is 1. The summed E-state index contributed by atoms with van der Waals surface area (Å²) in [5.74, 6) is -1.75. The van der Waals surface area contributed by atoms with Crippen LogP contribution in [0.2, 0.25) is 0 Å². The molecular formula is C19H19F3N6O3. The predicted molar refractivity (Wildman–Crippen MR) is 101 cm³/mol. The van der Waals surface area contributed by atoms with Crippen molar-refractivity contribution in [1.29, 1.82) is 0 Å². The fraction of sp³-hybridized carbons (Fsp3) is 0.316. The number of imidazole rings is 1. The Morgan fingerprint density at radius 3 is 2.45 bits per heavy atom. The van der Waals surface area contributed by atoms with E-state index >= 15 is 0 Å². The Balaban J connectivity index is 0.000000339. The van der Waals surface area contributed by atoms with Crippen molar-refractivity contribution in [1.82, 2.24) is 29.2 Å². The lowest BCUT2D eigenvalue weighted by Gasteiger charge is -2.19. The van der Waals surface area contributed by atoms with Crippen molar-refractivity contribution in [3.05, 3.63) is 66.3 Å². The minimum atomic E-state index is -5.08. The van der Waals surface area contributed by atoms with Crippen molar-refractivity contribution >= 4 is 11.9 Å². The summed E-state index contributed by atoms with van der Waals surface area (Å²) in [4.78, 5) is 32.0. The van der Waals surface area contributed by atoms with Gasteiger partial charge in [0, 0.05) is 44.6 Å². The third-order valence-corrected chi connectivity index (χ3v) is 4.52. The Morgan fingerprint density at radius 2 is 1.84 bits per heavy atom. The Hall–Kier alpha value is -3.70. The summed E-state index contributed by atoms with van der Waals surface area (Å²) in [5.41, 5.74) is 1.61. The SMILES string of the molecule is O=C(O)C(F)(F)F.O=C(c1ccccn1)N1CCc2ncc(Cn3cccn3)n2CC1. The molecule has 4 rings (SSSR count). The molecule has 1 N–H and O–H groups in total. The summed E-state index contributed by atoms with van der Waals surface area (Å²) >= 11 is 0. The van der Waals surface area contributed by atoms with Crippen LogP contribution in [-0.2, 0) is 24.3 Å². The highest BCUT2D eigenvalue weighted by atomic mass is 19.4. The highest BCUT2D eigenvalue weighted by Gasteiger charge is 2.38. The number of hydrogen-bond donors (Lipinski definition) is 1. The van der Waals surface area contributed by atoms with Crippen LogP contribution in [-0.4, -0.2) is 65.5 Å². The van der Waals surface area contributed by atoms with Crippen molar-refractivity contribution in [2.45, 2.75) is 25.7 Å². The van der Waals surface area contributed by atoms with Gasteiger partial charge in [-0.2, -0.15) is 18.3 Å². The second-order valence-corrected chi connectivity index (χ2v) is 6.58. The second-order valence-electron chi connectivity index (χ2n) is 6.58. The van der Waals surface area contributed by atoms with Crippen LogP contribution in [0.1, 0.15) is 22.0 Å². The van der Waals surface area contributed by atoms with Gasteiger partial charge in [0.05, 0.1) is 18.4 Å². The van der Waals surface area contributed by atoms with Crippen LogP contribution in [0.4, 0.5) is 13.2 Å². The highest BCUT2D eigenvalue weighted by molar-refractivity contribution is 5.92. The first-order chi connectivity index (χ1) is 14.8. The van der Waals surface area contributed by atoms with Gasteiger partial charge < -0.3 is 14.6 Å². The molecule has 0 aromatic carbocycles. The monoisotopic (exact) mass is 436 g/mol. The van der Waals surface area contributed by atoms with Crippen LogP contribution in [0.15, 0.2) is 49.1 Å². The topological polar surface area (TPSA) is 106 Å². The highest BCUT2D eigenvalue weighted by Crippen LogP contribution is 2.14. The zero-order valence-electron chi connectivity index (χ0n) is 16.2. The van der Waals surface area contributed by atoms with E-state index in [4.69, 9.17) is 9.90 Å². The van der Waals surface area contributed by atoms with E-state index < -0.39 is 12.1 Å². The molecule has 0 bridgehead atoms. The normalized spacial score (nSPS) is 13.6. The first-order valence-corrected chi connectivity index (χ1v) is 9.27. The van der Waals surface area contributed by atoms with Crippen molar-refractivity contribution in [2.75, 3.05) is 13.1 Å². The van der Waals surface area contributed by atoms with E-state index in [9.17, 15) is 18.0 Å². The first kappa shape index (κ1) is 22.0. The number of carbonyl (C=O) groups excluding carboxylic acids is 1. The van der Waals surface area contributed by atoms with Crippen LogP contribution in [0.25, 0.3) is 0 Å². The van der Waals surface area contributed by atoms with E-state index in [1.807, 2.05) is 40.2 Å². The van der Waals surface area contributed by atoms with E-state index in [0.717, 1.165) is 24.5 Å². The quantitative estimate of drug-likeness (QED) is 0.672. The molecule has 0 unspecified atom stereocenters. The standard InChI is InChI=1S/C17H18N6O.C2HF3O2/c24-17(15-4-1-2-6-18-15)21-9-5-16-19-12-14(23(16)11-10-21)13-22-8-3-7-20-22;3-2(4,5)1(6)7/h1-4,6-8,12H,5,9-11,13H2;(H,6,7). The third-order valence-electron chi connectivity index (χ3n) is 4.52. The zero-order valence-corrected chi connectivity index (χ0v) is 16.2. The largest absolute Gasteiger partial charge is 0.490 e. The molecule has 164 valence electrons. The maximum atomic E-state index is 12.6. The maximum Gasteiger partial charge on any atom is 0.490 e. The van der Waals surface area contributed by atoms with Crippen LogP contribution in [0, 0.1) is 0 Å². The van der Waals surface area contributed by atoms with Crippen LogP contribution < -0.4 is 0 Å². The smallest absolute Gasteiger partial charge is 0.475 e. The number of aromatic nitrogens is 5. The van der Waals surface area contributed by atoms with Gasteiger partial charge in [0.1, 0.15) is 11.5 Å². The van der Waals surface area contributed by atoms with Crippen LogP contribution >= 0.6 is 0 Å². The van der Waals surface area contributed by atoms with E-state index in [-0.39, 0.29) is 5.91 Å². The van der Waals surface area contributed by atoms with Gasteiger partial charge in [-0.1, -0.05) is 6.07 Å². The molecule has 9 nitrogen and oxygen atoms in total. The van der Waals surface area contributed by atoms with Crippen molar-refractivity contribution in [3.8, 4) is 0 Å². The van der Waals surface area contributed by atoms with E-state index in [1.54, 1.807) is 18.5 Å². The Morgan fingerprint density at radius 1 is 1.06 bits per heavy atom. The number of nitrogens with zero attached hydrogens (tertiary/aromatic N) is 6. The molecule has 0 spiro atoms. The average Bonchev–Trinajstić information content (AvgIpc) is 3.33. The van der Waals surface area contributed by atoms with Crippen LogP contribution in [0.5, 0.6) is 0 Å². The number of amides is 1. The Kier molecular flexibility index (Phi) is 6.68. The fourth-order valence-electron chi connectivity index (χ4n) is 3.03. The zero-order chi connectivity index (χ0) is 22.4. The Bertz CT molecular complexity index is 1020. The van der Waals surface area contributed by atoms with Gasteiger partial charge in [0.15, 0.2) is 0 Å². The van der Waals surface area contributed by atoms with Crippen LogP contribution in [0.3, 0.4) is 0 Å². The van der Waals surface area contributed by atoms with Gasteiger partial charge in [-0.3, -0.25) is 14.5 Å². The number of carbonyl (C=O) groups is 2. The summed E-state index contributed by atoms with van der Waals surface area (Å²) in [7, 11) is 0. The van der Waals surface area contributed by atoms with Crippen molar-refractivity contribution in [3.63, 3.8) is 0 Å². The molecule has 1 aliphatic heterocycles. The van der Waals surface area contributed by atoms with Gasteiger partial charge in [0.2, 0.25) is 0 Å². The lowest BCUT2D eigenvalue weighted by molar-refractivity contribution is -0.192. The number of halogens is 3. The predicted octanol–water partition coefficient (Wildman–Crippen LogP) is 1.85. The number of carboxylic acids is 1. The summed E-state index contributed by atoms with van der Waals surface area (Å²) in [6, 6.07) is 7.32. The number of rotatable bonds is 3. The van der Waals surface area contributed by atoms with Gasteiger partial charge in [-0.25, -0.2) is 9.78 Å². The molecule has 0 radical (unpaired) electrons. The summed E-state index contributed by atoms with van der Waals surface area (Å²) in [6.45, 7) is 2.75. The molecule has 0 aliphatic carbocycles. The van der Waals surface area contributed by atoms with E-state index in [1.165, 1.54) is 0 Å². The van der Waals surface area contributed by atoms with Gasteiger partial charge in [0.25, 0.3) is 5.91 Å². The van der Waals surface area contributed by atoms with Gasteiger partial charge in [-0.05, 0) is 18.2 Å². The van der Waals surface area contributed by atoms with Crippen molar-refractivity contribution < 1.29 is 27.9 Å². The number of alkyl halides is 3. The lowest BCUT2D eigenvalue weighted by Crippen LogP contribution is -2.34. The Labute approximate surface area is 174 Å². The van der Waals surface area contributed by atoms with Gasteiger partial charge >= 0.3 is 12.1 Å². The number of carboxylic acid groups (broad SMARTS) is 1. The molecule has 0 saturated heterocycles. The molecule has 31 heavy (non-hydrogen) atoms. The summed E-state index contributed by atoms with van der Waals surface area (Å²) in [5, 5.41) is 11.4. The fourth-order valence-corrected chi connectivity index (χ4v) is 3.03. The molecular weight excluding hydrogens is 417 g/mol. The summed E-state index contributed by atoms with van der Waals surface area (Å²) < 4.78 is 35.8. The van der Waals surface area contributed by atoms with E-state index in [0.29, 0.717) is 25.3 Å².